The summed E-state index contributed by atoms with van der Waals surface area (Å²) in [6.45, 7) is 0. The Morgan fingerprint density at radius 2 is 0.562 bits per heavy atom. The van der Waals surface area contributed by atoms with Gasteiger partial charge in [-0.15, -0.1) is 0 Å². The summed E-state index contributed by atoms with van der Waals surface area (Å²) in [5.41, 5.74) is 0. The monoisotopic (exact) mass is 332 g/mol. The zero-order chi connectivity index (χ0) is 11.3. The Hall–Kier alpha value is 2.10. The van der Waals surface area contributed by atoms with Crippen molar-refractivity contribution in [2.24, 2.45) is 0 Å². The zero-order valence-corrected chi connectivity index (χ0v) is 14.4. The van der Waals surface area contributed by atoms with E-state index in [-0.39, 0.29) is 0 Å². The Morgan fingerprint density at radius 3 is 0.875 bits per heavy atom. The lowest BCUT2D eigenvalue weighted by Gasteiger charge is -2.05. The maximum absolute atomic E-state index is 2.13. The molecule has 0 aromatic heterocycles. The van der Waals surface area contributed by atoms with Crippen LogP contribution >= 0.6 is 68.6 Å². The topological polar surface area (TPSA) is 0 Å². The van der Waals surface area contributed by atoms with Gasteiger partial charge in [0.05, 0.1) is 0 Å². The molecule has 1 aliphatic rings. The van der Waals surface area contributed by atoms with Crippen LogP contribution in [0.2, 0.25) is 0 Å². The van der Waals surface area contributed by atoms with E-state index in [1.165, 1.54) is 57.5 Å². The van der Waals surface area contributed by atoms with Gasteiger partial charge in [0.25, 0.3) is 0 Å². The van der Waals surface area contributed by atoms with E-state index in [2.05, 4.69) is 68.6 Å². The Kier molecular flexibility index (Phi) is 13.7. The molecule has 0 N–H and O–H groups in total. The molecule has 0 nitrogen and oxygen atoms in total. The maximum Gasteiger partial charge on any atom is 0.0128 e. The lowest BCUT2D eigenvalue weighted by molar-refractivity contribution is 1.45. The van der Waals surface area contributed by atoms with Crippen LogP contribution < -0.4 is 0 Å². The average Bonchev–Trinajstić information content (AvgIpc) is 2.29. The number of rotatable bonds is 0. The van der Waals surface area contributed by atoms with E-state index in [9.17, 15) is 0 Å². The fourth-order valence-corrected chi connectivity index (χ4v) is 8.37. The minimum Gasteiger partial charge on any atom is -0.160 e. The first-order chi connectivity index (χ1) is 8.00. The summed E-state index contributed by atoms with van der Waals surface area (Å²) in [4.78, 5) is 0. The van der Waals surface area contributed by atoms with Crippen molar-refractivity contribution in [2.75, 3.05) is 57.5 Å². The molecule has 0 spiro atoms. The number of thioether (sulfide) groups is 4. The van der Waals surface area contributed by atoms with Crippen LogP contribution in [0.15, 0.2) is 0 Å². The van der Waals surface area contributed by atoms with Gasteiger partial charge >= 0.3 is 0 Å². The lowest BCUT2D eigenvalue weighted by atomic mass is 10.9. The molecular weight excluding hydrogens is 313 g/mol. The van der Waals surface area contributed by atoms with E-state index < -0.39 is 0 Å². The van der Waals surface area contributed by atoms with Crippen LogP contribution in [0.3, 0.4) is 0 Å². The van der Waals surface area contributed by atoms with Crippen LogP contribution in [-0.2, 0) is 0 Å². The zero-order valence-electron chi connectivity index (χ0n) is 9.52. The minimum absolute atomic E-state index is 1.32. The van der Waals surface area contributed by atoms with Gasteiger partial charge in [-0.05, 0) is 0 Å². The Balaban J connectivity index is 2.00. The molecule has 0 aromatic carbocycles. The molecule has 1 saturated heterocycles. The van der Waals surface area contributed by atoms with E-state index in [1.807, 2.05) is 0 Å². The fraction of sp³-hybridized carbons (Fsp3) is 1.00. The van der Waals surface area contributed by atoms with Crippen molar-refractivity contribution in [1.82, 2.24) is 0 Å². The number of hydrogen-bond acceptors (Lipinski definition) is 6. The molecule has 0 bridgehead atoms. The molecule has 0 aliphatic carbocycles. The first-order valence-corrected chi connectivity index (χ1v) is 12.7. The first kappa shape index (κ1) is 16.2. The molecule has 0 unspecified atom stereocenters. The summed E-state index contributed by atoms with van der Waals surface area (Å²) in [6.07, 6.45) is 0. The first-order valence-electron chi connectivity index (χ1n) is 5.55. The SMILES string of the molecule is C1CSCCSCCSSCCSCCS1. The second-order valence-electron chi connectivity index (χ2n) is 3.09. The van der Waals surface area contributed by atoms with Gasteiger partial charge in [-0.2, -0.15) is 47.0 Å². The molecule has 16 heavy (non-hydrogen) atoms. The van der Waals surface area contributed by atoms with Crippen molar-refractivity contribution < 1.29 is 0 Å². The standard InChI is InChI=1S/C10H20S6/c1-2-12-4-6-14-8-10-16-15-9-7-13-5-3-11-1/h1-10H2. The summed E-state index contributed by atoms with van der Waals surface area (Å²) in [5.74, 6) is 13.4. The highest BCUT2D eigenvalue weighted by atomic mass is 33.1. The second-order valence-corrected chi connectivity index (χ2v) is 10.7. The maximum atomic E-state index is 2.13. The summed E-state index contributed by atoms with van der Waals surface area (Å²) in [7, 11) is 4.12. The van der Waals surface area contributed by atoms with Crippen LogP contribution in [0.1, 0.15) is 0 Å². The van der Waals surface area contributed by atoms with Crippen molar-refractivity contribution in [3.8, 4) is 0 Å². The molecule has 0 saturated carbocycles. The predicted molar refractivity (Wildman–Crippen MR) is 94.2 cm³/mol. The van der Waals surface area contributed by atoms with Crippen molar-refractivity contribution >= 4 is 68.6 Å². The molecule has 1 rings (SSSR count). The molecule has 1 fully saturated rings. The van der Waals surface area contributed by atoms with E-state index >= 15 is 0 Å². The van der Waals surface area contributed by atoms with Gasteiger partial charge in [-0.1, -0.05) is 21.6 Å². The highest BCUT2D eigenvalue weighted by Crippen LogP contribution is 2.24. The van der Waals surface area contributed by atoms with Crippen molar-refractivity contribution in [3.05, 3.63) is 0 Å². The largest absolute Gasteiger partial charge is 0.160 e. The minimum atomic E-state index is 1.32. The summed E-state index contributed by atoms with van der Waals surface area (Å²) in [6, 6.07) is 0. The van der Waals surface area contributed by atoms with E-state index in [0.29, 0.717) is 0 Å². The molecule has 0 aromatic rings. The molecular formula is C10H20S6. The fourth-order valence-electron chi connectivity index (χ4n) is 1.07. The van der Waals surface area contributed by atoms with Crippen LogP contribution in [0.4, 0.5) is 0 Å². The highest BCUT2D eigenvalue weighted by molar-refractivity contribution is 8.76. The van der Waals surface area contributed by atoms with Gasteiger partial charge < -0.3 is 0 Å². The molecule has 0 radical (unpaired) electrons. The van der Waals surface area contributed by atoms with E-state index in [4.69, 9.17) is 0 Å². The predicted octanol–water partition coefficient (Wildman–Crippen LogP) is 4.31. The van der Waals surface area contributed by atoms with Crippen LogP contribution in [-0.4, -0.2) is 57.5 Å². The van der Waals surface area contributed by atoms with Gasteiger partial charge in [0.15, 0.2) is 0 Å². The average molecular weight is 333 g/mol. The van der Waals surface area contributed by atoms with Gasteiger partial charge in [-0.25, -0.2) is 0 Å². The third-order valence-electron chi connectivity index (χ3n) is 1.82. The van der Waals surface area contributed by atoms with Gasteiger partial charge in [0.2, 0.25) is 0 Å². The molecule has 0 amide bonds. The van der Waals surface area contributed by atoms with E-state index in [0.717, 1.165) is 0 Å². The van der Waals surface area contributed by atoms with Gasteiger partial charge in [-0.3, -0.25) is 0 Å². The summed E-state index contributed by atoms with van der Waals surface area (Å²) in [5, 5.41) is 0. The molecule has 6 heteroatoms. The molecule has 1 heterocycles. The third-order valence-corrected chi connectivity index (χ3v) is 9.46. The van der Waals surface area contributed by atoms with Crippen molar-refractivity contribution in [1.29, 1.82) is 0 Å². The van der Waals surface area contributed by atoms with Crippen molar-refractivity contribution in [2.45, 2.75) is 0 Å². The quantitative estimate of drug-likeness (QED) is 0.602. The van der Waals surface area contributed by atoms with Crippen LogP contribution in [0, 0.1) is 0 Å². The molecule has 96 valence electrons. The van der Waals surface area contributed by atoms with Gasteiger partial charge in [0, 0.05) is 57.5 Å². The van der Waals surface area contributed by atoms with E-state index in [1.54, 1.807) is 0 Å². The smallest absolute Gasteiger partial charge is 0.0128 e. The lowest BCUT2D eigenvalue weighted by Crippen LogP contribution is -1.95. The molecule has 0 atom stereocenters. The third kappa shape index (κ3) is 11.2. The number of hydrogen-bond donors (Lipinski definition) is 0. The normalized spacial score (nSPS) is 24.0. The van der Waals surface area contributed by atoms with Crippen molar-refractivity contribution in [3.63, 3.8) is 0 Å². The van der Waals surface area contributed by atoms with Crippen LogP contribution in [0.5, 0.6) is 0 Å². The Morgan fingerprint density at radius 1 is 0.312 bits per heavy atom. The Labute approximate surface area is 125 Å². The van der Waals surface area contributed by atoms with Gasteiger partial charge in [0.1, 0.15) is 0 Å². The summed E-state index contributed by atoms with van der Waals surface area (Å²) >= 11 is 8.50. The molecule has 1 aliphatic heterocycles. The highest BCUT2D eigenvalue weighted by Gasteiger charge is 1.97. The second kappa shape index (κ2) is 13.5. The van der Waals surface area contributed by atoms with Crippen LogP contribution in [0.25, 0.3) is 0 Å². The summed E-state index contributed by atoms with van der Waals surface area (Å²) < 4.78 is 0. The Bertz CT molecular complexity index is 79.3.